The third-order valence-corrected chi connectivity index (χ3v) is 7.60. The van der Waals surface area contributed by atoms with E-state index in [9.17, 15) is 8.42 Å². The van der Waals surface area contributed by atoms with E-state index in [1.165, 1.54) is 9.87 Å². The first-order chi connectivity index (χ1) is 13.4. The normalized spacial score (nSPS) is 17.8. The van der Waals surface area contributed by atoms with Crippen LogP contribution in [0.15, 0.2) is 40.5 Å². The molecule has 0 unspecified atom stereocenters. The molecule has 150 valence electrons. The predicted octanol–water partition coefficient (Wildman–Crippen LogP) is 2.05. The lowest BCUT2D eigenvalue weighted by Crippen LogP contribution is -2.47. The van der Waals surface area contributed by atoms with E-state index in [4.69, 9.17) is 0 Å². The first-order valence-corrected chi connectivity index (χ1v) is 11.5. The lowest BCUT2D eigenvalue weighted by molar-refractivity contribution is 0.199. The largest absolute Gasteiger partial charge is 0.337 e. The van der Waals surface area contributed by atoms with Crippen molar-refractivity contribution >= 4 is 33.5 Å². The molecule has 2 aromatic rings. The molecule has 0 spiro atoms. The number of likely N-dealkylation sites (tertiary alicyclic amines) is 1. The number of piperidine rings is 1. The summed E-state index contributed by atoms with van der Waals surface area (Å²) >= 11 is 1.63. The Balaban J connectivity index is 1.35. The van der Waals surface area contributed by atoms with E-state index < -0.39 is 10.2 Å². The van der Waals surface area contributed by atoms with E-state index in [2.05, 4.69) is 43.1 Å². The van der Waals surface area contributed by atoms with Crippen molar-refractivity contribution in [1.29, 1.82) is 0 Å². The number of anilines is 2. The number of hydrogen-bond donors (Lipinski definition) is 2. The van der Waals surface area contributed by atoms with E-state index in [0.29, 0.717) is 0 Å². The summed E-state index contributed by atoms with van der Waals surface area (Å²) in [6, 6.07) is 6.43. The van der Waals surface area contributed by atoms with Crippen LogP contribution in [0.5, 0.6) is 0 Å². The molecule has 1 fully saturated rings. The van der Waals surface area contributed by atoms with Gasteiger partial charge in [-0.05, 0) is 30.5 Å². The van der Waals surface area contributed by atoms with Gasteiger partial charge in [0.05, 0.1) is 5.69 Å². The first kappa shape index (κ1) is 19.6. The molecule has 1 aromatic heterocycles. The standard InChI is InChI=1S/C18H24N6O2S2/c1-23(2)28(25,26)22-14-5-9-24(10-6-14)12-13-3-4-15-16(11-13)27-18-17(21-15)19-7-8-20-18/h3-4,7-8,11,14,22H,5-6,9-10,12H2,1-2H3,(H,19,21). The summed E-state index contributed by atoms with van der Waals surface area (Å²) in [6.45, 7) is 2.60. The molecule has 2 N–H and O–H groups in total. The predicted molar refractivity (Wildman–Crippen MR) is 110 cm³/mol. The summed E-state index contributed by atoms with van der Waals surface area (Å²) in [7, 11) is -0.273. The van der Waals surface area contributed by atoms with Crippen LogP contribution >= 0.6 is 11.8 Å². The van der Waals surface area contributed by atoms with E-state index in [-0.39, 0.29) is 6.04 Å². The molecular formula is C18H24N6O2S2. The number of rotatable bonds is 5. The molecule has 0 radical (unpaired) electrons. The number of aromatic nitrogens is 2. The van der Waals surface area contributed by atoms with Crippen LogP contribution in [0.4, 0.5) is 11.5 Å². The second-order valence-corrected chi connectivity index (χ2v) is 10.2. The maximum atomic E-state index is 12.0. The highest BCUT2D eigenvalue weighted by molar-refractivity contribution is 7.99. The van der Waals surface area contributed by atoms with Crippen molar-refractivity contribution in [2.45, 2.75) is 35.3 Å². The van der Waals surface area contributed by atoms with Gasteiger partial charge in [0.25, 0.3) is 10.2 Å². The molecular weight excluding hydrogens is 396 g/mol. The molecule has 0 atom stereocenters. The third-order valence-electron chi connectivity index (χ3n) is 4.96. The van der Waals surface area contributed by atoms with Gasteiger partial charge in [-0.1, -0.05) is 17.8 Å². The SMILES string of the molecule is CN(C)S(=O)(=O)NC1CCN(Cc2ccc3c(c2)Sc2nccnc2N3)CC1. The zero-order valence-corrected chi connectivity index (χ0v) is 17.6. The summed E-state index contributed by atoms with van der Waals surface area (Å²) in [6.07, 6.45) is 5.03. The molecule has 2 aliphatic heterocycles. The van der Waals surface area contributed by atoms with Crippen molar-refractivity contribution in [3.63, 3.8) is 0 Å². The maximum Gasteiger partial charge on any atom is 0.279 e. The van der Waals surface area contributed by atoms with E-state index in [1.54, 1.807) is 38.3 Å². The van der Waals surface area contributed by atoms with Gasteiger partial charge in [0.15, 0.2) is 5.82 Å². The zero-order chi connectivity index (χ0) is 19.7. The van der Waals surface area contributed by atoms with Crippen LogP contribution in [0.25, 0.3) is 0 Å². The van der Waals surface area contributed by atoms with E-state index in [0.717, 1.165) is 53.9 Å². The van der Waals surface area contributed by atoms with Crippen molar-refractivity contribution in [1.82, 2.24) is 23.9 Å². The molecule has 1 saturated heterocycles. The van der Waals surface area contributed by atoms with Crippen molar-refractivity contribution in [2.75, 3.05) is 32.5 Å². The minimum atomic E-state index is -3.36. The van der Waals surface area contributed by atoms with Crippen molar-refractivity contribution < 1.29 is 8.42 Å². The Hall–Kier alpha value is -1.72. The van der Waals surface area contributed by atoms with Gasteiger partial charge in [-0.25, -0.2) is 9.97 Å². The molecule has 3 heterocycles. The van der Waals surface area contributed by atoms with Crippen LogP contribution in [0.3, 0.4) is 0 Å². The van der Waals surface area contributed by atoms with Crippen molar-refractivity contribution in [2.24, 2.45) is 0 Å². The Morgan fingerprint density at radius 3 is 2.75 bits per heavy atom. The number of fused-ring (bicyclic) bond motifs is 2. The lowest BCUT2D eigenvalue weighted by Gasteiger charge is -2.33. The fourth-order valence-electron chi connectivity index (χ4n) is 3.35. The summed E-state index contributed by atoms with van der Waals surface area (Å²) in [5.74, 6) is 0.801. The topological polar surface area (TPSA) is 90.5 Å². The monoisotopic (exact) mass is 420 g/mol. The molecule has 0 amide bonds. The quantitative estimate of drug-likeness (QED) is 0.653. The Labute approximate surface area is 169 Å². The smallest absolute Gasteiger partial charge is 0.279 e. The van der Waals surface area contributed by atoms with E-state index in [1.807, 2.05) is 0 Å². The Morgan fingerprint density at radius 2 is 2.00 bits per heavy atom. The fourth-order valence-corrected chi connectivity index (χ4v) is 5.18. The molecule has 0 saturated carbocycles. The highest BCUT2D eigenvalue weighted by Crippen LogP contribution is 2.42. The van der Waals surface area contributed by atoms with Gasteiger partial charge >= 0.3 is 0 Å². The fraction of sp³-hybridized carbons (Fsp3) is 0.444. The van der Waals surface area contributed by atoms with Crippen LogP contribution in [0.2, 0.25) is 0 Å². The Bertz CT molecular complexity index is 958. The van der Waals surface area contributed by atoms with Gasteiger partial charge < -0.3 is 5.32 Å². The molecule has 4 rings (SSSR count). The molecule has 0 bridgehead atoms. The molecule has 8 nitrogen and oxygen atoms in total. The van der Waals surface area contributed by atoms with Gasteiger partial charge in [-0.15, -0.1) is 0 Å². The Morgan fingerprint density at radius 1 is 1.25 bits per heavy atom. The van der Waals surface area contributed by atoms with Gasteiger partial charge in [0.2, 0.25) is 0 Å². The minimum Gasteiger partial charge on any atom is -0.337 e. The minimum absolute atomic E-state index is 0.00187. The van der Waals surface area contributed by atoms with Crippen LogP contribution in [0, 0.1) is 0 Å². The second-order valence-electron chi connectivity index (χ2n) is 7.22. The zero-order valence-electron chi connectivity index (χ0n) is 15.9. The summed E-state index contributed by atoms with van der Waals surface area (Å²) in [4.78, 5) is 12.2. The second kappa shape index (κ2) is 7.96. The average molecular weight is 421 g/mol. The number of benzene rings is 1. The van der Waals surface area contributed by atoms with Crippen LogP contribution < -0.4 is 10.0 Å². The van der Waals surface area contributed by atoms with Crippen LogP contribution in [-0.4, -0.2) is 60.8 Å². The molecule has 1 aromatic carbocycles. The van der Waals surface area contributed by atoms with Crippen LogP contribution in [-0.2, 0) is 16.8 Å². The van der Waals surface area contributed by atoms with Gasteiger partial charge in [0.1, 0.15) is 5.03 Å². The Kier molecular flexibility index (Phi) is 5.57. The van der Waals surface area contributed by atoms with Gasteiger partial charge in [0, 0.05) is 57.1 Å². The molecule has 0 aliphatic carbocycles. The maximum absolute atomic E-state index is 12.0. The molecule has 10 heteroatoms. The lowest BCUT2D eigenvalue weighted by atomic mass is 10.1. The van der Waals surface area contributed by atoms with Crippen molar-refractivity contribution in [3.05, 3.63) is 36.2 Å². The number of nitrogens with zero attached hydrogens (tertiary/aromatic N) is 4. The highest BCUT2D eigenvalue weighted by Gasteiger charge is 2.25. The van der Waals surface area contributed by atoms with E-state index >= 15 is 0 Å². The summed E-state index contributed by atoms with van der Waals surface area (Å²) in [5.41, 5.74) is 2.30. The van der Waals surface area contributed by atoms with Crippen LogP contribution in [0.1, 0.15) is 18.4 Å². The third kappa shape index (κ3) is 4.31. The molecule has 28 heavy (non-hydrogen) atoms. The number of hydrogen-bond acceptors (Lipinski definition) is 7. The van der Waals surface area contributed by atoms with Gasteiger partial charge in [-0.2, -0.15) is 17.4 Å². The summed E-state index contributed by atoms with van der Waals surface area (Å²) < 4.78 is 28.0. The molecule has 2 aliphatic rings. The number of nitrogens with one attached hydrogen (secondary N) is 2. The first-order valence-electron chi connectivity index (χ1n) is 9.22. The van der Waals surface area contributed by atoms with Gasteiger partial charge in [-0.3, -0.25) is 4.90 Å². The average Bonchev–Trinajstić information content (AvgIpc) is 2.67. The highest BCUT2D eigenvalue weighted by atomic mass is 32.2. The van der Waals surface area contributed by atoms with Crippen molar-refractivity contribution in [3.8, 4) is 0 Å². The summed E-state index contributed by atoms with van der Waals surface area (Å²) in [5, 5.41) is 4.22.